The Labute approximate surface area is 138 Å². The van der Waals surface area contributed by atoms with Crippen LogP contribution in [0.1, 0.15) is 50.2 Å². The Morgan fingerprint density at radius 2 is 2.22 bits per heavy atom. The summed E-state index contributed by atoms with van der Waals surface area (Å²) in [7, 11) is 1.73. The van der Waals surface area contributed by atoms with Gasteiger partial charge in [0.2, 0.25) is 0 Å². The van der Waals surface area contributed by atoms with Gasteiger partial charge in [-0.1, -0.05) is 19.4 Å². The minimum absolute atomic E-state index is 0.0488. The summed E-state index contributed by atoms with van der Waals surface area (Å²) in [5.41, 5.74) is 2.88. The quantitative estimate of drug-likeness (QED) is 0.931. The van der Waals surface area contributed by atoms with Gasteiger partial charge in [-0.25, -0.2) is 0 Å². The molecule has 124 valence electrons. The first-order chi connectivity index (χ1) is 11.2. The van der Waals surface area contributed by atoms with Crippen molar-refractivity contribution in [2.45, 2.75) is 56.9 Å². The van der Waals surface area contributed by atoms with Gasteiger partial charge in [-0.3, -0.25) is 4.79 Å². The molecule has 1 aliphatic heterocycles. The molecule has 1 N–H and O–H groups in total. The molecule has 2 bridgehead atoms. The number of carbonyl (C=O) groups is 1. The molecule has 3 nitrogen and oxygen atoms in total. The summed E-state index contributed by atoms with van der Waals surface area (Å²) in [6.07, 6.45) is 6.05. The Kier molecular flexibility index (Phi) is 3.72. The second-order valence-electron chi connectivity index (χ2n) is 7.69. The maximum absolute atomic E-state index is 12.6. The molecule has 1 heterocycles. The fourth-order valence-electron chi connectivity index (χ4n) is 5.81. The third-order valence-electron chi connectivity index (χ3n) is 6.51. The van der Waals surface area contributed by atoms with Crippen molar-refractivity contribution in [1.29, 1.82) is 0 Å². The topological polar surface area (TPSA) is 38.3 Å². The second-order valence-corrected chi connectivity index (χ2v) is 7.69. The number of ether oxygens (including phenoxy) is 1. The van der Waals surface area contributed by atoms with Crippen LogP contribution in [0.5, 0.6) is 5.75 Å². The van der Waals surface area contributed by atoms with Gasteiger partial charge in [0, 0.05) is 24.3 Å². The first-order valence-corrected chi connectivity index (χ1v) is 9.10. The van der Waals surface area contributed by atoms with Crippen LogP contribution in [0, 0.1) is 11.8 Å². The number of benzene rings is 1. The number of methoxy groups -OCH3 is 1. The largest absolute Gasteiger partial charge is 0.497 e. The van der Waals surface area contributed by atoms with Crippen molar-refractivity contribution in [3.8, 4) is 5.75 Å². The van der Waals surface area contributed by atoms with E-state index in [1.54, 1.807) is 7.11 Å². The predicted octanol–water partition coefficient (Wildman–Crippen LogP) is 3.25. The summed E-state index contributed by atoms with van der Waals surface area (Å²) in [6, 6.07) is 7.06. The molecule has 0 spiro atoms. The Hall–Kier alpha value is -1.35. The van der Waals surface area contributed by atoms with Crippen LogP contribution in [-0.4, -0.2) is 25.5 Å². The summed E-state index contributed by atoms with van der Waals surface area (Å²) >= 11 is 0. The number of carbonyl (C=O) groups excluding carboxylic acids is 1. The molecule has 3 heteroatoms. The van der Waals surface area contributed by atoms with E-state index in [0.29, 0.717) is 23.7 Å². The number of fused-ring (bicyclic) bond motifs is 1. The van der Waals surface area contributed by atoms with E-state index in [1.165, 1.54) is 24.0 Å². The lowest BCUT2D eigenvalue weighted by Gasteiger charge is -2.58. The summed E-state index contributed by atoms with van der Waals surface area (Å²) in [5, 5.41) is 3.77. The Balaban J connectivity index is 1.86. The van der Waals surface area contributed by atoms with Crippen LogP contribution in [-0.2, 0) is 16.6 Å². The zero-order valence-corrected chi connectivity index (χ0v) is 14.2. The lowest BCUT2D eigenvalue weighted by molar-refractivity contribution is -0.128. The lowest BCUT2D eigenvalue weighted by atomic mass is 9.49. The van der Waals surface area contributed by atoms with E-state index in [1.807, 2.05) is 0 Å². The van der Waals surface area contributed by atoms with Crippen LogP contribution in [0.4, 0.5) is 0 Å². The number of ketones is 1. The highest BCUT2D eigenvalue weighted by Gasteiger charge is 2.56. The highest BCUT2D eigenvalue weighted by atomic mass is 16.5. The molecule has 4 rings (SSSR count). The van der Waals surface area contributed by atoms with Crippen LogP contribution in [0.3, 0.4) is 0 Å². The van der Waals surface area contributed by atoms with E-state index >= 15 is 0 Å². The molecule has 23 heavy (non-hydrogen) atoms. The van der Waals surface area contributed by atoms with Crippen LogP contribution >= 0.6 is 0 Å². The molecule has 1 unspecified atom stereocenters. The molecule has 1 saturated carbocycles. The molecule has 0 aromatic heterocycles. The van der Waals surface area contributed by atoms with Crippen LogP contribution in [0.25, 0.3) is 0 Å². The minimum atomic E-state index is 0.0488. The predicted molar refractivity (Wildman–Crippen MR) is 90.9 cm³/mol. The summed E-state index contributed by atoms with van der Waals surface area (Å²) in [5.74, 6) is 2.54. The zero-order valence-electron chi connectivity index (χ0n) is 14.2. The number of hydrogen-bond donors (Lipinski definition) is 1. The van der Waals surface area contributed by atoms with Gasteiger partial charge < -0.3 is 10.1 Å². The maximum atomic E-state index is 12.6. The Bertz CT molecular complexity index is 626. The van der Waals surface area contributed by atoms with Crippen molar-refractivity contribution in [3.05, 3.63) is 29.3 Å². The lowest BCUT2D eigenvalue weighted by Crippen LogP contribution is -2.63. The van der Waals surface area contributed by atoms with Gasteiger partial charge >= 0.3 is 0 Å². The Morgan fingerprint density at radius 3 is 3.00 bits per heavy atom. The molecule has 2 aliphatic carbocycles. The normalized spacial score (nSPS) is 35.4. The van der Waals surface area contributed by atoms with Crippen molar-refractivity contribution >= 4 is 5.78 Å². The van der Waals surface area contributed by atoms with Gasteiger partial charge in [-0.15, -0.1) is 0 Å². The van der Waals surface area contributed by atoms with Crippen molar-refractivity contribution in [2.24, 2.45) is 11.8 Å². The number of Topliss-reactive ketones (excluding diaryl/α,β-unsaturated/α-hetero) is 1. The van der Waals surface area contributed by atoms with Gasteiger partial charge in [-0.05, 0) is 60.9 Å². The first-order valence-electron chi connectivity index (χ1n) is 9.10. The molecule has 0 radical (unpaired) electrons. The molecular weight excluding hydrogens is 286 g/mol. The van der Waals surface area contributed by atoms with Crippen molar-refractivity contribution in [1.82, 2.24) is 5.32 Å². The van der Waals surface area contributed by atoms with Crippen molar-refractivity contribution < 1.29 is 9.53 Å². The smallest absolute Gasteiger partial charge is 0.134 e. The zero-order chi connectivity index (χ0) is 16.0. The molecule has 3 aliphatic rings. The average Bonchev–Trinajstić information content (AvgIpc) is 2.54. The highest BCUT2D eigenvalue weighted by Crippen LogP contribution is 2.56. The third kappa shape index (κ3) is 2.24. The fourth-order valence-corrected chi connectivity index (χ4v) is 5.81. The van der Waals surface area contributed by atoms with E-state index < -0.39 is 0 Å². The van der Waals surface area contributed by atoms with Crippen LogP contribution in [0.15, 0.2) is 18.2 Å². The number of rotatable bonds is 3. The van der Waals surface area contributed by atoms with E-state index in [4.69, 9.17) is 4.74 Å². The molecular formula is C20H27NO2. The van der Waals surface area contributed by atoms with Crippen molar-refractivity contribution in [2.75, 3.05) is 13.7 Å². The standard InChI is InChI=1S/C20H27NO2/c1-3-4-14-9-15(22)12-20-7-8-21-18(19(14)20)10-13-5-6-16(23-2)11-17(13)20/h5-6,11,14,18-19,21H,3-4,7-10,12H2,1-2H3/t14?,18-,19+,20-/m1/s1. The van der Waals surface area contributed by atoms with E-state index in [9.17, 15) is 4.79 Å². The average molecular weight is 313 g/mol. The summed E-state index contributed by atoms with van der Waals surface area (Å²) < 4.78 is 5.49. The van der Waals surface area contributed by atoms with Gasteiger partial charge in [0.1, 0.15) is 11.5 Å². The Morgan fingerprint density at radius 1 is 1.35 bits per heavy atom. The molecule has 2 fully saturated rings. The fraction of sp³-hybridized carbons (Fsp3) is 0.650. The van der Waals surface area contributed by atoms with Gasteiger partial charge in [0.25, 0.3) is 0 Å². The minimum Gasteiger partial charge on any atom is -0.497 e. The molecule has 1 aromatic carbocycles. The van der Waals surface area contributed by atoms with E-state index in [-0.39, 0.29) is 5.41 Å². The van der Waals surface area contributed by atoms with Gasteiger partial charge in [-0.2, -0.15) is 0 Å². The van der Waals surface area contributed by atoms with Gasteiger partial charge in [0.05, 0.1) is 7.11 Å². The number of hydrogen-bond acceptors (Lipinski definition) is 3. The van der Waals surface area contributed by atoms with E-state index in [0.717, 1.165) is 38.0 Å². The number of piperidine rings is 1. The van der Waals surface area contributed by atoms with Crippen molar-refractivity contribution in [3.63, 3.8) is 0 Å². The number of nitrogens with one attached hydrogen (secondary N) is 1. The van der Waals surface area contributed by atoms with Crippen LogP contribution in [0.2, 0.25) is 0 Å². The van der Waals surface area contributed by atoms with E-state index in [2.05, 4.69) is 30.4 Å². The molecule has 1 aromatic rings. The second kappa shape index (κ2) is 5.62. The molecule has 4 atom stereocenters. The highest BCUT2D eigenvalue weighted by molar-refractivity contribution is 5.82. The van der Waals surface area contributed by atoms with Gasteiger partial charge in [0.15, 0.2) is 0 Å². The summed E-state index contributed by atoms with van der Waals surface area (Å²) in [4.78, 5) is 12.6. The summed E-state index contributed by atoms with van der Waals surface area (Å²) in [6.45, 7) is 3.28. The molecule has 1 saturated heterocycles. The molecule has 0 amide bonds. The monoisotopic (exact) mass is 313 g/mol. The van der Waals surface area contributed by atoms with Crippen LogP contribution < -0.4 is 10.1 Å². The SMILES string of the molecule is CCCC1CC(=O)C[C@]23CCN[C@H](Cc4ccc(OC)cc42)[C@H]13. The third-order valence-corrected chi connectivity index (χ3v) is 6.51. The maximum Gasteiger partial charge on any atom is 0.134 e. The first kappa shape index (κ1) is 15.2.